The smallest absolute Gasteiger partial charge is 0.256 e. The summed E-state index contributed by atoms with van der Waals surface area (Å²) in [4.78, 5) is 4.75. The Kier molecular flexibility index (Phi) is 5.17. The van der Waals surface area contributed by atoms with E-state index < -0.39 is 16.1 Å². The molecular weight excluding hydrogens is 478 g/mol. The standard InChI is InChI=1S/C26H23N5O2S2/c1-15-10-12-19(13-11-15)35(32,33)30-23-20-8-4-6-18-7-5-9-21(22(18)20)24(23)34-26-29-28-25-27-16(2)14-17(3)31(25)26/h4-14,23-24,30H,1-3H3/t23-,24-/m1/s1. The molecular formula is C26H23N5O2S2. The van der Waals surface area contributed by atoms with Crippen molar-refractivity contribution in [2.75, 3.05) is 0 Å². The van der Waals surface area contributed by atoms with E-state index in [-0.39, 0.29) is 10.1 Å². The van der Waals surface area contributed by atoms with Crippen LogP contribution in [-0.2, 0) is 10.0 Å². The van der Waals surface area contributed by atoms with Gasteiger partial charge in [-0.1, -0.05) is 65.9 Å². The van der Waals surface area contributed by atoms with Crippen LogP contribution < -0.4 is 4.72 Å². The van der Waals surface area contributed by atoms with Crippen molar-refractivity contribution in [2.24, 2.45) is 0 Å². The molecule has 0 amide bonds. The van der Waals surface area contributed by atoms with Crippen LogP contribution in [0.2, 0.25) is 0 Å². The number of thioether (sulfide) groups is 1. The third-order valence-corrected chi connectivity index (χ3v) is 9.13. The highest BCUT2D eigenvalue weighted by Crippen LogP contribution is 2.53. The Labute approximate surface area is 207 Å². The Hall–Kier alpha value is -3.27. The van der Waals surface area contributed by atoms with Crippen LogP contribution in [0.25, 0.3) is 16.6 Å². The predicted molar refractivity (Wildman–Crippen MR) is 137 cm³/mol. The number of fused-ring (bicyclic) bond motifs is 1. The number of aromatic nitrogens is 4. The molecule has 6 rings (SSSR count). The largest absolute Gasteiger partial charge is 0.259 e. The summed E-state index contributed by atoms with van der Waals surface area (Å²) in [5, 5.41) is 11.3. The van der Waals surface area contributed by atoms with Gasteiger partial charge in [0.15, 0.2) is 5.16 Å². The van der Waals surface area contributed by atoms with Crippen LogP contribution in [0.4, 0.5) is 0 Å². The minimum Gasteiger partial charge on any atom is -0.259 e. The minimum absolute atomic E-state index is 0.232. The SMILES string of the molecule is Cc1ccc(S(=O)(=O)N[C@@H]2c3cccc4cccc(c34)[C@H]2Sc2nnc3nc(C)cc(C)n23)cc1. The molecule has 1 aliphatic carbocycles. The summed E-state index contributed by atoms with van der Waals surface area (Å²) in [5.41, 5.74) is 4.90. The maximum absolute atomic E-state index is 13.5. The average Bonchev–Trinajstić information content (AvgIpc) is 3.35. The molecule has 1 aliphatic rings. The molecule has 0 bridgehead atoms. The van der Waals surface area contributed by atoms with Gasteiger partial charge in [0.1, 0.15) is 0 Å². The molecule has 0 saturated carbocycles. The highest BCUT2D eigenvalue weighted by molar-refractivity contribution is 7.99. The van der Waals surface area contributed by atoms with Crippen molar-refractivity contribution in [1.82, 2.24) is 24.3 Å². The molecule has 2 atom stereocenters. The van der Waals surface area contributed by atoms with Crippen molar-refractivity contribution in [3.8, 4) is 0 Å². The molecule has 5 aromatic rings. The Balaban J connectivity index is 1.47. The number of nitrogens with one attached hydrogen (secondary N) is 1. The van der Waals surface area contributed by atoms with E-state index in [0.717, 1.165) is 38.9 Å². The molecule has 0 aliphatic heterocycles. The summed E-state index contributed by atoms with van der Waals surface area (Å²) < 4.78 is 31.8. The third kappa shape index (κ3) is 3.71. The minimum atomic E-state index is -3.76. The van der Waals surface area contributed by atoms with E-state index in [0.29, 0.717) is 10.9 Å². The summed E-state index contributed by atoms with van der Waals surface area (Å²) in [6.45, 7) is 5.86. The molecule has 0 radical (unpaired) electrons. The van der Waals surface area contributed by atoms with Gasteiger partial charge in [-0.15, -0.1) is 10.2 Å². The normalized spacial score (nSPS) is 17.5. The van der Waals surface area contributed by atoms with Gasteiger partial charge in [0, 0.05) is 11.4 Å². The number of benzene rings is 3. The lowest BCUT2D eigenvalue weighted by molar-refractivity contribution is 0.557. The van der Waals surface area contributed by atoms with Crippen molar-refractivity contribution in [2.45, 2.75) is 42.1 Å². The van der Waals surface area contributed by atoms with E-state index in [1.54, 1.807) is 12.1 Å². The second kappa shape index (κ2) is 8.15. The number of hydrogen-bond donors (Lipinski definition) is 1. The van der Waals surface area contributed by atoms with Gasteiger partial charge in [-0.2, -0.15) is 0 Å². The summed E-state index contributed by atoms with van der Waals surface area (Å²) in [5.74, 6) is 0.538. The summed E-state index contributed by atoms with van der Waals surface area (Å²) in [6.07, 6.45) is 0. The van der Waals surface area contributed by atoms with Gasteiger partial charge in [0.25, 0.3) is 5.78 Å². The lowest BCUT2D eigenvalue weighted by Gasteiger charge is -2.22. The van der Waals surface area contributed by atoms with E-state index >= 15 is 0 Å². The molecule has 9 heteroatoms. The molecule has 2 aromatic heterocycles. The number of hydrogen-bond acceptors (Lipinski definition) is 6. The summed E-state index contributed by atoms with van der Waals surface area (Å²) in [7, 11) is -3.76. The zero-order chi connectivity index (χ0) is 24.3. The number of nitrogens with zero attached hydrogens (tertiary/aromatic N) is 4. The first-order chi connectivity index (χ1) is 16.8. The van der Waals surface area contributed by atoms with Crippen LogP contribution in [-0.4, -0.2) is 28.0 Å². The van der Waals surface area contributed by atoms with Gasteiger partial charge < -0.3 is 0 Å². The number of sulfonamides is 1. The average molecular weight is 502 g/mol. The van der Waals surface area contributed by atoms with E-state index in [9.17, 15) is 8.42 Å². The van der Waals surface area contributed by atoms with Gasteiger partial charge in [-0.3, -0.25) is 4.40 Å². The van der Waals surface area contributed by atoms with Crippen LogP contribution in [0.1, 0.15) is 39.4 Å². The van der Waals surface area contributed by atoms with Crippen molar-refractivity contribution < 1.29 is 8.42 Å². The topological polar surface area (TPSA) is 89.2 Å². The van der Waals surface area contributed by atoms with Crippen molar-refractivity contribution in [3.05, 3.63) is 94.8 Å². The Morgan fingerprint density at radius 3 is 2.37 bits per heavy atom. The first-order valence-corrected chi connectivity index (χ1v) is 13.6. The molecule has 35 heavy (non-hydrogen) atoms. The monoisotopic (exact) mass is 501 g/mol. The first kappa shape index (κ1) is 22.2. The van der Waals surface area contributed by atoms with E-state index in [1.807, 2.05) is 61.6 Å². The summed E-state index contributed by atoms with van der Waals surface area (Å²) in [6, 6.07) is 20.6. The molecule has 0 saturated heterocycles. The fraction of sp³-hybridized carbons (Fsp3) is 0.192. The van der Waals surface area contributed by atoms with Gasteiger partial charge in [0.2, 0.25) is 10.0 Å². The van der Waals surface area contributed by atoms with Crippen molar-refractivity contribution in [1.29, 1.82) is 0 Å². The third-order valence-electron chi connectivity index (χ3n) is 6.42. The van der Waals surface area contributed by atoms with Gasteiger partial charge in [-0.25, -0.2) is 18.1 Å². The highest BCUT2D eigenvalue weighted by atomic mass is 32.2. The van der Waals surface area contributed by atoms with E-state index in [1.165, 1.54) is 11.8 Å². The quantitative estimate of drug-likeness (QED) is 0.362. The number of aryl methyl sites for hydroxylation is 3. The predicted octanol–water partition coefficient (Wildman–Crippen LogP) is 5.07. The van der Waals surface area contributed by atoms with Crippen LogP contribution in [0.5, 0.6) is 0 Å². The van der Waals surface area contributed by atoms with E-state index in [2.05, 4.69) is 38.1 Å². The first-order valence-electron chi connectivity index (χ1n) is 11.3. The van der Waals surface area contributed by atoms with Gasteiger partial charge >= 0.3 is 0 Å². The summed E-state index contributed by atoms with van der Waals surface area (Å²) >= 11 is 1.51. The number of rotatable bonds is 5. The second-order valence-electron chi connectivity index (χ2n) is 8.90. The van der Waals surface area contributed by atoms with Crippen molar-refractivity contribution >= 4 is 38.3 Å². The van der Waals surface area contributed by atoms with Crippen LogP contribution >= 0.6 is 11.8 Å². The fourth-order valence-corrected chi connectivity index (χ4v) is 7.47. The lowest BCUT2D eigenvalue weighted by Crippen LogP contribution is -2.30. The molecule has 7 nitrogen and oxygen atoms in total. The zero-order valence-electron chi connectivity index (χ0n) is 19.4. The lowest BCUT2D eigenvalue weighted by atomic mass is 10.1. The maximum Gasteiger partial charge on any atom is 0.256 e. The van der Waals surface area contributed by atoms with Gasteiger partial charge in [0.05, 0.1) is 16.2 Å². The van der Waals surface area contributed by atoms with E-state index in [4.69, 9.17) is 0 Å². The molecule has 0 spiro atoms. The van der Waals surface area contributed by atoms with Crippen LogP contribution in [0, 0.1) is 20.8 Å². The maximum atomic E-state index is 13.5. The van der Waals surface area contributed by atoms with Crippen LogP contribution in [0.3, 0.4) is 0 Å². The second-order valence-corrected chi connectivity index (χ2v) is 11.7. The Morgan fingerprint density at radius 2 is 1.63 bits per heavy atom. The molecule has 1 N–H and O–H groups in total. The fourth-order valence-electron chi connectivity index (χ4n) is 4.84. The molecule has 2 heterocycles. The molecule has 3 aromatic carbocycles. The zero-order valence-corrected chi connectivity index (χ0v) is 21.1. The Bertz CT molecular complexity index is 1710. The Morgan fingerprint density at radius 1 is 0.914 bits per heavy atom. The highest BCUT2D eigenvalue weighted by Gasteiger charge is 2.38. The molecule has 176 valence electrons. The van der Waals surface area contributed by atoms with Crippen LogP contribution in [0.15, 0.2) is 76.8 Å². The van der Waals surface area contributed by atoms with Gasteiger partial charge in [-0.05, 0) is 60.9 Å². The molecule has 0 fully saturated rings. The molecule has 0 unspecified atom stereocenters. The van der Waals surface area contributed by atoms with Crippen molar-refractivity contribution in [3.63, 3.8) is 0 Å².